The summed E-state index contributed by atoms with van der Waals surface area (Å²) in [7, 11) is -3.67. The fourth-order valence-electron chi connectivity index (χ4n) is 3.90. The quantitative estimate of drug-likeness (QED) is 0.724. The highest BCUT2D eigenvalue weighted by molar-refractivity contribution is 7.90. The van der Waals surface area contributed by atoms with Gasteiger partial charge in [0.2, 0.25) is 0 Å². The maximum atomic E-state index is 12.7. The lowest BCUT2D eigenvalue weighted by atomic mass is 9.97. The average Bonchev–Trinajstić information content (AvgIpc) is 3.00. The monoisotopic (exact) mass is 412 g/mol. The number of nitrogens with zero attached hydrogens (tertiary/aromatic N) is 2. The van der Waals surface area contributed by atoms with E-state index in [2.05, 4.69) is 4.40 Å². The number of esters is 1. The summed E-state index contributed by atoms with van der Waals surface area (Å²) in [6.45, 7) is 5.35. The van der Waals surface area contributed by atoms with Crippen LogP contribution in [0.4, 0.5) is 0 Å². The highest BCUT2D eigenvalue weighted by Crippen LogP contribution is 2.30. The van der Waals surface area contributed by atoms with Crippen LogP contribution in [-0.2, 0) is 26.2 Å². The number of fused-ring (bicyclic) bond motifs is 1. The van der Waals surface area contributed by atoms with Crippen molar-refractivity contribution >= 4 is 21.8 Å². The first-order chi connectivity index (χ1) is 13.8. The van der Waals surface area contributed by atoms with E-state index in [9.17, 15) is 13.2 Å². The van der Waals surface area contributed by atoms with Gasteiger partial charge in [-0.05, 0) is 49.9 Å². The fraction of sp³-hybridized carbons (Fsp3) is 0.364. The third-order valence-corrected chi connectivity index (χ3v) is 6.87. The molecular weight excluding hydrogens is 388 g/mol. The van der Waals surface area contributed by atoms with Crippen LogP contribution in [0.15, 0.2) is 51.8 Å². The van der Waals surface area contributed by atoms with E-state index in [0.717, 1.165) is 29.5 Å². The van der Waals surface area contributed by atoms with Gasteiger partial charge in [0.05, 0.1) is 5.92 Å². The van der Waals surface area contributed by atoms with Crippen LogP contribution in [0.3, 0.4) is 0 Å². The SMILES string of the molecule is Cc1ccc(C)c(COC(=O)C2CCCN(C3=NS(=O)(=O)c4ccccc43)C2)c1. The molecule has 2 aliphatic rings. The van der Waals surface area contributed by atoms with Crippen molar-refractivity contribution in [3.63, 3.8) is 0 Å². The highest BCUT2D eigenvalue weighted by atomic mass is 32.2. The standard InChI is InChI=1S/C22H24N2O4S/c1-15-9-10-16(2)18(12-15)14-28-22(25)17-6-5-11-24(13-17)21-19-7-3-4-8-20(19)29(26,27)23-21/h3-4,7-10,12,17H,5-6,11,13-14H2,1-2H3. The second-order valence-corrected chi connectivity index (χ2v) is 9.28. The second-order valence-electron chi connectivity index (χ2n) is 7.71. The number of ether oxygens (including phenoxy) is 1. The zero-order valence-electron chi connectivity index (χ0n) is 16.6. The van der Waals surface area contributed by atoms with Crippen LogP contribution < -0.4 is 0 Å². The van der Waals surface area contributed by atoms with E-state index < -0.39 is 10.0 Å². The minimum atomic E-state index is -3.67. The molecule has 29 heavy (non-hydrogen) atoms. The Kier molecular flexibility index (Phi) is 5.17. The van der Waals surface area contributed by atoms with Gasteiger partial charge in [-0.2, -0.15) is 8.42 Å². The molecule has 2 aromatic carbocycles. The number of carbonyl (C=O) groups is 1. The van der Waals surface area contributed by atoms with Crippen LogP contribution in [0.2, 0.25) is 0 Å². The molecule has 0 aliphatic carbocycles. The molecule has 1 unspecified atom stereocenters. The van der Waals surface area contributed by atoms with Crippen LogP contribution in [-0.4, -0.2) is 38.2 Å². The Morgan fingerprint density at radius 1 is 1.21 bits per heavy atom. The van der Waals surface area contributed by atoms with Crippen LogP contribution >= 0.6 is 0 Å². The van der Waals surface area contributed by atoms with Crippen molar-refractivity contribution in [3.8, 4) is 0 Å². The lowest BCUT2D eigenvalue weighted by molar-refractivity contribution is -0.151. The molecule has 2 heterocycles. The number of hydrogen-bond donors (Lipinski definition) is 0. The number of sulfonamides is 1. The van der Waals surface area contributed by atoms with Gasteiger partial charge in [-0.15, -0.1) is 4.40 Å². The molecule has 2 aromatic rings. The molecule has 7 heteroatoms. The summed E-state index contributed by atoms with van der Waals surface area (Å²) < 4.78 is 34.3. The number of carbonyl (C=O) groups excluding carboxylic acids is 1. The molecule has 1 atom stereocenters. The Bertz CT molecular complexity index is 1090. The maximum absolute atomic E-state index is 12.7. The largest absolute Gasteiger partial charge is 0.461 e. The number of hydrogen-bond acceptors (Lipinski definition) is 5. The van der Waals surface area contributed by atoms with Crippen LogP contribution in [0, 0.1) is 19.8 Å². The summed E-state index contributed by atoms with van der Waals surface area (Å²) in [5.74, 6) is -0.106. The number of amidine groups is 1. The molecule has 0 N–H and O–H groups in total. The molecule has 0 bridgehead atoms. The summed E-state index contributed by atoms with van der Waals surface area (Å²) in [5, 5.41) is 0. The topological polar surface area (TPSA) is 76.0 Å². The summed E-state index contributed by atoms with van der Waals surface area (Å²) in [5.41, 5.74) is 3.84. The van der Waals surface area contributed by atoms with E-state index in [1.54, 1.807) is 24.3 Å². The molecule has 0 amide bonds. The number of benzene rings is 2. The normalized spacial score (nSPS) is 20.1. The first kappa shape index (κ1) is 19.6. The molecule has 0 aromatic heterocycles. The Morgan fingerprint density at radius 3 is 2.83 bits per heavy atom. The third kappa shape index (κ3) is 3.92. The minimum absolute atomic E-state index is 0.231. The molecule has 0 spiro atoms. The molecular formula is C22H24N2O4S. The maximum Gasteiger partial charge on any atom is 0.311 e. The van der Waals surface area contributed by atoms with Crippen molar-refractivity contribution in [2.75, 3.05) is 13.1 Å². The molecule has 4 rings (SSSR count). The summed E-state index contributed by atoms with van der Waals surface area (Å²) in [6.07, 6.45) is 1.51. The number of aryl methyl sites for hydroxylation is 2. The van der Waals surface area contributed by atoms with Gasteiger partial charge >= 0.3 is 5.97 Å². The van der Waals surface area contributed by atoms with Gasteiger partial charge in [-0.1, -0.05) is 35.9 Å². The van der Waals surface area contributed by atoms with E-state index in [1.807, 2.05) is 36.9 Å². The lowest BCUT2D eigenvalue weighted by Gasteiger charge is -2.33. The van der Waals surface area contributed by atoms with Crippen molar-refractivity contribution in [1.29, 1.82) is 0 Å². The third-order valence-electron chi connectivity index (χ3n) is 5.54. The van der Waals surface area contributed by atoms with Crippen molar-refractivity contribution < 1.29 is 17.9 Å². The van der Waals surface area contributed by atoms with Crippen LogP contribution in [0.1, 0.15) is 35.1 Å². The van der Waals surface area contributed by atoms with Crippen molar-refractivity contribution in [2.24, 2.45) is 10.3 Å². The van der Waals surface area contributed by atoms with Gasteiger partial charge in [0.1, 0.15) is 11.5 Å². The molecule has 6 nitrogen and oxygen atoms in total. The predicted octanol–water partition coefficient (Wildman–Crippen LogP) is 3.21. The zero-order chi connectivity index (χ0) is 20.6. The first-order valence-corrected chi connectivity index (χ1v) is 11.2. The van der Waals surface area contributed by atoms with Crippen LogP contribution in [0.25, 0.3) is 0 Å². The van der Waals surface area contributed by atoms with Crippen molar-refractivity contribution in [2.45, 2.75) is 38.2 Å². The number of piperidine rings is 1. The summed E-state index contributed by atoms with van der Waals surface area (Å²) >= 11 is 0. The Hall–Kier alpha value is -2.67. The second kappa shape index (κ2) is 7.63. The average molecular weight is 413 g/mol. The number of rotatable bonds is 3. The van der Waals surface area contributed by atoms with E-state index >= 15 is 0 Å². The van der Waals surface area contributed by atoms with Crippen molar-refractivity contribution in [1.82, 2.24) is 4.90 Å². The van der Waals surface area contributed by atoms with Gasteiger partial charge in [-0.25, -0.2) is 0 Å². The van der Waals surface area contributed by atoms with Gasteiger partial charge in [-0.3, -0.25) is 4.79 Å². The Balaban J connectivity index is 1.46. The van der Waals surface area contributed by atoms with Gasteiger partial charge in [0.15, 0.2) is 5.84 Å². The van der Waals surface area contributed by atoms with E-state index in [-0.39, 0.29) is 23.4 Å². The van der Waals surface area contributed by atoms with E-state index in [4.69, 9.17) is 4.74 Å². The Morgan fingerprint density at radius 2 is 2.00 bits per heavy atom. The molecule has 1 saturated heterocycles. The smallest absolute Gasteiger partial charge is 0.311 e. The zero-order valence-corrected chi connectivity index (χ0v) is 17.4. The molecule has 0 radical (unpaired) electrons. The Labute approximate surface area is 171 Å². The first-order valence-electron chi connectivity index (χ1n) is 9.77. The van der Waals surface area contributed by atoms with Crippen molar-refractivity contribution in [3.05, 3.63) is 64.7 Å². The molecule has 2 aliphatic heterocycles. The van der Waals surface area contributed by atoms with E-state index in [0.29, 0.717) is 24.5 Å². The minimum Gasteiger partial charge on any atom is -0.461 e. The number of likely N-dealkylation sites (tertiary alicyclic amines) is 1. The molecule has 1 fully saturated rings. The molecule has 0 saturated carbocycles. The predicted molar refractivity (Wildman–Crippen MR) is 110 cm³/mol. The summed E-state index contributed by atoms with van der Waals surface area (Å²) in [4.78, 5) is 14.8. The van der Waals surface area contributed by atoms with Gasteiger partial charge in [0, 0.05) is 18.7 Å². The van der Waals surface area contributed by atoms with Crippen LogP contribution in [0.5, 0.6) is 0 Å². The van der Waals surface area contributed by atoms with Gasteiger partial charge < -0.3 is 9.64 Å². The highest BCUT2D eigenvalue weighted by Gasteiger charge is 2.35. The lowest BCUT2D eigenvalue weighted by Crippen LogP contribution is -2.42. The summed E-state index contributed by atoms with van der Waals surface area (Å²) in [6, 6.07) is 12.9. The molecule has 152 valence electrons. The van der Waals surface area contributed by atoms with Gasteiger partial charge in [0.25, 0.3) is 10.0 Å². The van der Waals surface area contributed by atoms with E-state index in [1.165, 1.54) is 0 Å². The fourth-order valence-corrected chi connectivity index (χ4v) is 5.13.